The molecule has 27 heavy (non-hydrogen) atoms. The van der Waals surface area contributed by atoms with E-state index in [1.54, 1.807) is 12.1 Å². The van der Waals surface area contributed by atoms with Crippen LogP contribution in [0.4, 0.5) is 11.4 Å². The first kappa shape index (κ1) is 20.1. The number of nitrogens with one attached hydrogen (secondary N) is 1. The van der Waals surface area contributed by atoms with Gasteiger partial charge in [-0.05, 0) is 30.5 Å². The summed E-state index contributed by atoms with van der Waals surface area (Å²) in [5, 5.41) is 13.5. The highest BCUT2D eigenvalue weighted by Crippen LogP contribution is 2.14. The van der Waals surface area contributed by atoms with Crippen LogP contribution in [0.15, 0.2) is 48.5 Å². The van der Waals surface area contributed by atoms with Crippen molar-refractivity contribution in [2.45, 2.75) is 26.7 Å². The van der Waals surface area contributed by atoms with Crippen molar-refractivity contribution in [3.05, 3.63) is 69.8 Å². The molecule has 142 valence electrons. The van der Waals surface area contributed by atoms with E-state index in [9.17, 15) is 19.7 Å². The molecule has 2 aromatic carbocycles. The van der Waals surface area contributed by atoms with Crippen LogP contribution < -0.4 is 5.32 Å². The number of carbonyl (C=O) groups is 2. The lowest BCUT2D eigenvalue weighted by Crippen LogP contribution is -2.39. The van der Waals surface area contributed by atoms with E-state index in [1.807, 2.05) is 38.1 Å². The summed E-state index contributed by atoms with van der Waals surface area (Å²) >= 11 is 0. The van der Waals surface area contributed by atoms with E-state index >= 15 is 0 Å². The summed E-state index contributed by atoms with van der Waals surface area (Å²) in [6.45, 7) is 4.27. The first-order chi connectivity index (χ1) is 12.9. The molecular weight excluding hydrogens is 346 g/mol. The topological polar surface area (TPSA) is 92.6 Å². The third-order valence-electron chi connectivity index (χ3n) is 4.10. The Labute approximate surface area is 158 Å². The van der Waals surface area contributed by atoms with Crippen molar-refractivity contribution < 1.29 is 14.5 Å². The van der Waals surface area contributed by atoms with Crippen LogP contribution in [0.2, 0.25) is 0 Å². The fourth-order valence-corrected chi connectivity index (χ4v) is 2.66. The Hall–Kier alpha value is -3.22. The van der Waals surface area contributed by atoms with Gasteiger partial charge in [0.15, 0.2) is 0 Å². The second kappa shape index (κ2) is 9.47. The van der Waals surface area contributed by atoms with Crippen LogP contribution in [0.25, 0.3) is 0 Å². The van der Waals surface area contributed by atoms with Gasteiger partial charge in [-0.2, -0.15) is 0 Å². The number of benzene rings is 2. The Morgan fingerprint density at radius 3 is 2.37 bits per heavy atom. The van der Waals surface area contributed by atoms with Crippen LogP contribution >= 0.6 is 0 Å². The zero-order chi connectivity index (χ0) is 19.8. The number of rotatable bonds is 8. The number of anilines is 1. The molecule has 0 heterocycles. The minimum Gasteiger partial charge on any atom is -0.333 e. The molecular formula is C20H23N3O4. The number of hydrogen-bond acceptors (Lipinski definition) is 4. The maximum atomic E-state index is 12.6. The number of nitro benzene ring substituents is 1. The Kier molecular flexibility index (Phi) is 7.05. The highest BCUT2D eigenvalue weighted by molar-refractivity contribution is 5.95. The molecule has 0 bridgehead atoms. The van der Waals surface area contributed by atoms with Gasteiger partial charge in [0.2, 0.25) is 11.8 Å². The lowest BCUT2D eigenvalue weighted by molar-refractivity contribution is -0.384. The van der Waals surface area contributed by atoms with Gasteiger partial charge < -0.3 is 10.2 Å². The number of amides is 2. The van der Waals surface area contributed by atoms with E-state index in [1.165, 1.54) is 17.0 Å². The van der Waals surface area contributed by atoms with Crippen LogP contribution in [-0.2, 0) is 16.0 Å². The molecule has 0 saturated heterocycles. The second-order valence-corrected chi connectivity index (χ2v) is 6.28. The molecule has 0 radical (unpaired) electrons. The van der Waals surface area contributed by atoms with E-state index in [4.69, 9.17) is 0 Å². The average Bonchev–Trinajstić information content (AvgIpc) is 2.63. The third kappa shape index (κ3) is 5.91. The average molecular weight is 369 g/mol. The van der Waals surface area contributed by atoms with Crippen molar-refractivity contribution in [1.29, 1.82) is 0 Å². The highest BCUT2D eigenvalue weighted by atomic mass is 16.6. The van der Waals surface area contributed by atoms with Gasteiger partial charge >= 0.3 is 0 Å². The molecule has 1 N–H and O–H groups in total. The van der Waals surface area contributed by atoms with Gasteiger partial charge in [0.1, 0.15) is 0 Å². The SMILES string of the molecule is CCCN(CC(=O)Nc1ccccc1C)C(=O)Cc1ccc([N+](=O)[O-])cc1. The molecule has 0 atom stereocenters. The van der Waals surface area contributed by atoms with Crippen molar-refractivity contribution >= 4 is 23.2 Å². The summed E-state index contributed by atoms with van der Waals surface area (Å²) in [7, 11) is 0. The van der Waals surface area contributed by atoms with Gasteiger partial charge in [0.05, 0.1) is 17.9 Å². The first-order valence-electron chi connectivity index (χ1n) is 8.77. The predicted molar refractivity (Wildman–Crippen MR) is 103 cm³/mol. The number of non-ortho nitro benzene ring substituents is 1. The molecule has 0 aromatic heterocycles. The Balaban J connectivity index is 2.00. The van der Waals surface area contributed by atoms with Crippen molar-refractivity contribution in [2.24, 2.45) is 0 Å². The molecule has 0 fully saturated rings. The molecule has 0 saturated carbocycles. The Morgan fingerprint density at radius 2 is 1.78 bits per heavy atom. The van der Waals surface area contributed by atoms with Crippen molar-refractivity contribution in [3.63, 3.8) is 0 Å². The minimum absolute atomic E-state index is 0.0192. The summed E-state index contributed by atoms with van der Waals surface area (Å²) in [5.41, 5.74) is 2.33. The van der Waals surface area contributed by atoms with Crippen LogP contribution in [0.5, 0.6) is 0 Å². The number of nitrogens with zero attached hydrogens (tertiary/aromatic N) is 2. The van der Waals surface area contributed by atoms with E-state index in [0.717, 1.165) is 17.7 Å². The molecule has 2 rings (SSSR count). The van der Waals surface area contributed by atoms with Crippen LogP contribution in [0.1, 0.15) is 24.5 Å². The van der Waals surface area contributed by atoms with Crippen LogP contribution in [-0.4, -0.2) is 34.7 Å². The van der Waals surface area contributed by atoms with Gasteiger partial charge in [0, 0.05) is 24.4 Å². The Bertz CT molecular complexity index is 818. The standard InChI is InChI=1S/C20H23N3O4/c1-3-12-22(14-19(24)21-18-7-5-4-6-15(18)2)20(25)13-16-8-10-17(11-9-16)23(26)27/h4-11H,3,12-14H2,1-2H3,(H,21,24). The summed E-state index contributed by atoms with van der Waals surface area (Å²) in [5.74, 6) is -0.444. The van der Waals surface area contributed by atoms with Crippen LogP contribution in [0.3, 0.4) is 0 Å². The maximum Gasteiger partial charge on any atom is 0.269 e. The monoisotopic (exact) mass is 369 g/mol. The largest absolute Gasteiger partial charge is 0.333 e. The summed E-state index contributed by atoms with van der Waals surface area (Å²) in [4.78, 5) is 36.7. The van der Waals surface area contributed by atoms with E-state index < -0.39 is 4.92 Å². The van der Waals surface area contributed by atoms with Crippen LogP contribution in [0, 0.1) is 17.0 Å². The van der Waals surface area contributed by atoms with E-state index in [0.29, 0.717) is 12.1 Å². The maximum absolute atomic E-state index is 12.6. The zero-order valence-electron chi connectivity index (χ0n) is 15.5. The lowest BCUT2D eigenvalue weighted by Gasteiger charge is -2.22. The Morgan fingerprint density at radius 1 is 1.11 bits per heavy atom. The fourth-order valence-electron chi connectivity index (χ4n) is 2.66. The van der Waals surface area contributed by atoms with Gasteiger partial charge in [-0.15, -0.1) is 0 Å². The normalized spacial score (nSPS) is 10.3. The first-order valence-corrected chi connectivity index (χ1v) is 8.77. The third-order valence-corrected chi connectivity index (χ3v) is 4.10. The molecule has 0 aliphatic heterocycles. The number of nitro groups is 1. The quantitative estimate of drug-likeness (QED) is 0.571. The second-order valence-electron chi connectivity index (χ2n) is 6.28. The van der Waals surface area contributed by atoms with E-state index in [2.05, 4.69) is 5.32 Å². The van der Waals surface area contributed by atoms with Crippen molar-refractivity contribution in [3.8, 4) is 0 Å². The smallest absolute Gasteiger partial charge is 0.269 e. The number of carbonyl (C=O) groups excluding carboxylic acids is 2. The molecule has 2 amide bonds. The van der Waals surface area contributed by atoms with Gasteiger partial charge in [-0.25, -0.2) is 0 Å². The zero-order valence-corrected chi connectivity index (χ0v) is 15.5. The molecule has 0 aliphatic carbocycles. The molecule has 7 heteroatoms. The minimum atomic E-state index is -0.481. The summed E-state index contributed by atoms with van der Waals surface area (Å²) in [6.07, 6.45) is 0.819. The summed E-state index contributed by atoms with van der Waals surface area (Å²) < 4.78 is 0. The lowest BCUT2D eigenvalue weighted by atomic mass is 10.1. The molecule has 0 spiro atoms. The number of hydrogen-bond donors (Lipinski definition) is 1. The van der Waals surface area contributed by atoms with Gasteiger partial charge in [0.25, 0.3) is 5.69 Å². The van der Waals surface area contributed by atoms with Gasteiger partial charge in [-0.1, -0.05) is 37.3 Å². The molecule has 2 aromatic rings. The molecule has 0 unspecified atom stereocenters. The highest BCUT2D eigenvalue weighted by Gasteiger charge is 2.18. The molecule has 7 nitrogen and oxygen atoms in total. The summed E-state index contributed by atoms with van der Waals surface area (Å²) in [6, 6.07) is 13.3. The van der Waals surface area contributed by atoms with Crippen molar-refractivity contribution in [2.75, 3.05) is 18.4 Å². The van der Waals surface area contributed by atoms with Crippen molar-refractivity contribution in [1.82, 2.24) is 4.90 Å². The fraction of sp³-hybridized carbons (Fsp3) is 0.300. The predicted octanol–water partition coefficient (Wildman–Crippen LogP) is 3.32. The molecule has 0 aliphatic rings. The number of para-hydroxylation sites is 1. The van der Waals surface area contributed by atoms with E-state index in [-0.39, 0.29) is 30.5 Å². The number of aryl methyl sites for hydroxylation is 1. The van der Waals surface area contributed by atoms with Gasteiger partial charge in [-0.3, -0.25) is 19.7 Å².